The molecule has 2 aromatic carbocycles. The second-order valence-corrected chi connectivity index (χ2v) is 12.1. The van der Waals surface area contributed by atoms with Crippen LogP contribution in [0.4, 0.5) is 0 Å². The van der Waals surface area contributed by atoms with Gasteiger partial charge in [-0.25, -0.2) is 16.8 Å². The van der Waals surface area contributed by atoms with Gasteiger partial charge >= 0.3 is 0 Å². The Morgan fingerprint density at radius 2 is 1.56 bits per heavy atom. The van der Waals surface area contributed by atoms with Crippen molar-refractivity contribution in [3.8, 4) is 0 Å². The van der Waals surface area contributed by atoms with E-state index in [1.54, 1.807) is 67.6 Å². The van der Waals surface area contributed by atoms with Crippen molar-refractivity contribution in [2.75, 3.05) is 0 Å². The summed E-state index contributed by atoms with van der Waals surface area (Å²) in [5.74, 6) is 0.337. The molecule has 0 spiro atoms. The molecule has 3 aliphatic rings. The topological polar surface area (TPSA) is 80.8 Å². The Bertz CT molecular complexity index is 1380. The molecule has 2 aromatic rings. The number of ether oxygens (including phenoxy) is 1. The van der Waals surface area contributed by atoms with E-state index in [0.717, 1.165) is 0 Å². The van der Waals surface area contributed by atoms with E-state index >= 15 is 0 Å². The summed E-state index contributed by atoms with van der Waals surface area (Å²) in [6, 6.07) is 15.8. The molecule has 0 unspecified atom stereocenters. The molecule has 0 aromatic heterocycles. The number of fused-ring (bicyclic) bond motifs is 3. The first kappa shape index (κ1) is 21.0. The first-order chi connectivity index (χ1) is 15.1. The van der Waals surface area contributed by atoms with Gasteiger partial charge < -0.3 is 9.64 Å². The molecule has 0 aliphatic carbocycles. The Morgan fingerprint density at radius 1 is 0.969 bits per heavy atom. The monoisotopic (exact) mass is 469 g/mol. The van der Waals surface area contributed by atoms with Gasteiger partial charge in [-0.2, -0.15) is 0 Å². The van der Waals surface area contributed by atoms with E-state index in [1.165, 1.54) is 5.41 Å². The van der Waals surface area contributed by atoms with Crippen LogP contribution in [0.5, 0.6) is 0 Å². The summed E-state index contributed by atoms with van der Waals surface area (Å²) in [5, 5.41) is 1.26. The lowest BCUT2D eigenvalue weighted by atomic mass is 9.82. The molecule has 0 saturated carbocycles. The van der Waals surface area contributed by atoms with Crippen LogP contribution < -0.4 is 0 Å². The second kappa shape index (κ2) is 7.08. The fourth-order valence-corrected chi connectivity index (χ4v) is 7.86. The highest BCUT2D eigenvalue weighted by atomic mass is 32.2. The van der Waals surface area contributed by atoms with Crippen LogP contribution in [0.2, 0.25) is 0 Å². The largest absolute Gasteiger partial charge is 0.484 e. The molecule has 0 amide bonds. The third kappa shape index (κ3) is 3.12. The van der Waals surface area contributed by atoms with Crippen molar-refractivity contribution in [2.45, 2.75) is 47.7 Å². The van der Waals surface area contributed by atoms with Crippen LogP contribution >= 0.6 is 0 Å². The third-order valence-corrected chi connectivity index (χ3v) is 9.75. The highest BCUT2D eigenvalue weighted by Gasteiger charge is 2.58. The molecule has 1 saturated heterocycles. The Labute approximate surface area is 188 Å². The summed E-state index contributed by atoms with van der Waals surface area (Å²) in [6.45, 7) is 3.50. The van der Waals surface area contributed by atoms with Crippen LogP contribution in [0.25, 0.3) is 0 Å². The molecule has 0 bridgehead atoms. The van der Waals surface area contributed by atoms with E-state index in [9.17, 15) is 16.8 Å². The molecule has 5 rings (SSSR count). The highest BCUT2D eigenvalue weighted by molar-refractivity contribution is 7.95. The Balaban J connectivity index is 1.60. The molecule has 6 nitrogen and oxygen atoms in total. The zero-order valence-corrected chi connectivity index (χ0v) is 19.3. The van der Waals surface area contributed by atoms with Crippen molar-refractivity contribution in [2.24, 2.45) is 0 Å². The van der Waals surface area contributed by atoms with E-state index in [2.05, 4.69) is 0 Å². The summed E-state index contributed by atoms with van der Waals surface area (Å²) >= 11 is 0. The highest BCUT2D eigenvalue weighted by Crippen LogP contribution is 2.51. The fourth-order valence-electron chi connectivity index (χ4n) is 4.78. The number of allylic oxidation sites excluding steroid dienone is 1. The lowest BCUT2D eigenvalue weighted by molar-refractivity contribution is -0.00432. The van der Waals surface area contributed by atoms with Crippen molar-refractivity contribution in [3.63, 3.8) is 0 Å². The molecule has 32 heavy (non-hydrogen) atoms. The number of nitrogens with zero attached hydrogens (tertiary/aromatic N) is 1. The molecular formula is C24H23NO5S2. The average Bonchev–Trinajstić information content (AvgIpc) is 3.02. The van der Waals surface area contributed by atoms with Crippen molar-refractivity contribution in [1.82, 2.24) is 4.90 Å². The van der Waals surface area contributed by atoms with Gasteiger partial charge in [0.15, 0.2) is 0 Å². The van der Waals surface area contributed by atoms with Gasteiger partial charge in [-0.15, -0.1) is 0 Å². The van der Waals surface area contributed by atoms with E-state index in [0.29, 0.717) is 17.9 Å². The molecular weight excluding hydrogens is 446 g/mol. The smallest absolute Gasteiger partial charge is 0.208 e. The lowest BCUT2D eigenvalue weighted by Gasteiger charge is -2.54. The Kier molecular flexibility index (Phi) is 4.65. The van der Waals surface area contributed by atoms with Crippen LogP contribution in [0.3, 0.4) is 0 Å². The van der Waals surface area contributed by atoms with Crippen LogP contribution in [-0.4, -0.2) is 39.4 Å². The molecule has 3 atom stereocenters. The molecule has 8 heteroatoms. The standard InChI is InChI=1S/C24H23NO5S2/c1-17-22(32(28,29)21-11-7-4-8-12-21)23-24(2,30-17)14-13-18-15-19(25(18)23)16-31(26,27)20-9-5-3-6-10-20/h3-14,16,18,23H,15H2,1-2H3/b19-16+/t18-,23+,24+/m1/s1. The van der Waals surface area contributed by atoms with Crippen molar-refractivity contribution in [3.05, 3.63) is 94.6 Å². The van der Waals surface area contributed by atoms with Gasteiger partial charge in [0.1, 0.15) is 22.3 Å². The number of benzene rings is 2. The summed E-state index contributed by atoms with van der Waals surface area (Å²) in [4.78, 5) is 2.46. The van der Waals surface area contributed by atoms with Gasteiger partial charge in [-0.05, 0) is 44.2 Å². The van der Waals surface area contributed by atoms with E-state index in [-0.39, 0.29) is 20.7 Å². The van der Waals surface area contributed by atoms with Crippen molar-refractivity contribution >= 4 is 19.7 Å². The minimum Gasteiger partial charge on any atom is -0.484 e. The maximum atomic E-state index is 13.6. The summed E-state index contributed by atoms with van der Waals surface area (Å²) in [5.41, 5.74) is -0.327. The summed E-state index contributed by atoms with van der Waals surface area (Å²) in [7, 11) is -7.51. The number of sulfone groups is 2. The summed E-state index contributed by atoms with van der Waals surface area (Å²) in [6.07, 6.45) is 4.39. The first-order valence-electron chi connectivity index (χ1n) is 10.3. The molecule has 166 valence electrons. The molecule has 0 radical (unpaired) electrons. The molecule has 3 heterocycles. The fraction of sp³-hybridized carbons (Fsp3) is 0.250. The Morgan fingerprint density at radius 3 is 2.19 bits per heavy atom. The lowest BCUT2D eigenvalue weighted by Crippen LogP contribution is -2.61. The van der Waals surface area contributed by atoms with E-state index in [4.69, 9.17) is 4.74 Å². The maximum absolute atomic E-state index is 13.6. The van der Waals surface area contributed by atoms with Gasteiger partial charge in [-0.1, -0.05) is 42.5 Å². The first-order valence-corrected chi connectivity index (χ1v) is 13.3. The van der Waals surface area contributed by atoms with Gasteiger partial charge in [0.25, 0.3) is 0 Å². The van der Waals surface area contributed by atoms with E-state index in [1.807, 2.05) is 24.0 Å². The maximum Gasteiger partial charge on any atom is 0.208 e. The minimum absolute atomic E-state index is 0.0826. The number of hydrogen-bond donors (Lipinski definition) is 0. The predicted octanol–water partition coefficient (Wildman–Crippen LogP) is 3.81. The van der Waals surface area contributed by atoms with Crippen molar-refractivity contribution in [1.29, 1.82) is 0 Å². The molecule has 0 N–H and O–H groups in total. The summed E-state index contributed by atoms with van der Waals surface area (Å²) < 4.78 is 59.2. The van der Waals surface area contributed by atoms with Crippen LogP contribution in [0.1, 0.15) is 20.3 Å². The van der Waals surface area contributed by atoms with Gasteiger partial charge in [-0.3, -0.25) is 0 Å². The second-order valence-electron chi connectivity index (χ2n) is 8.43. The van der Waals surface area contributed by atoms with Gasteiger partial charge in [0, 0.05) is 12.1 Å². The third-order valence-electron chi connectivity index (χ3n) is 6.25. The average molecular weight is 470 g/mol. The molecule has 3 aliphatic heterocycles. The Hall–Kier alpha value is -2.84. The SMILES string of the molecule is CC1=C(S(=O)(=O)c2ccccc2)[C@@H]2N3/C(=C/S(=O)(=O)c4ccccc4)C[C@H]3C=C[C@]2(C)O1. The predicted molar refractivity (Wildman–Crippen MR) is 121 cm³/mol. The van der Waals surface area contributed by atoms with E-state index < -0.39 is 31.3 Å². The molecule has 1 fully saturated rings. The quantitative estimate of drug-likeness (QED) is 0.634. The van der Waals surface area contributed by atoms with Gasteiger partial charge in [0.05, 0.1) is 21.2 Å². The zero-order valence-electron chi connectivity index (χ0n) is 17.7. The normalized spacial score (nSPS) is 28.2. The zero-order chi connectivity index (χ0) is 22.7. The number of rotatable bonds is 4. The van der Waals surface area contributed by atoms with Gasteiger partial charge in [0.2, 0.25) is 19.7 Å². The minimum atomic E-state index is -3.84. The van der Waals surface area contributed by atoms with Crippen molar-refractivity contribution < 1.29 is 21.6 Å². The van der Waals surface area contributed by atoms with Crippen LogP contribution in [0.15, 0.2) is 104 Å². The van der Waals surface area contributed by atoms with Crippen LogP contribution in [-0.2, 0) is 24.4 Å². The van der Waals surface area contributed by atoms with Crippen LogP contribution in [0, 0.1) is 0 Å². The number of hydrogen-bond acceptors (Lipinski definition) is 6.